The summed E-state index contributed by atoms with van der Waals surface area (Å²) in [6.45, 7) is 1.91. The molecule has 1 N–H and O–H groups in total. The summed E-state index contributed by atoms with van der Waals surface area (Å²) in [5, 5.41) is 3.44. The van der Waals surface area contributed by atoms with Gasteiger partial charge in [-0.3, -0.25) is 0 Å². The predicted molar refractivity (Wildman–Crippen MR) is 75.4 cm³/mol. The van der Waals surface area contributed by atoms with E-state index in [-0.39, 0.29) is 0 Å². The maximum atomic E-state index is 4.63. The monoisotopic (exact) mass is 249 g/mol. The summed E-state index contributed by atoms with van der Waals surface area (Å²) in [5.74, 6) is 2.32. The molecule has 3 nitrogen and oxygen atoms in total. The lowest BCUT2D eigenvalue weighted by atomic mass is 10.3. The molecule has 17 heavy (non-hydrogen) atoms. The highest BCUT2D eigenvalue weighted by Crippen LogP contribution is 2.13. The molecular formula is C13H19N3S. The third-order valence-corrected chi connectivity index (χ3v) is 3.56. The van der Waals surface area contributed by atoms with Gasteiger partial charge in [-0.25, -0.2) is 4.98 Å². The zero-order valence-electron chi connectivity index (χ0n) is 10.4. The second-order valence-electron chi connectivity index (χ2n) is 4.10. The Kier molecular flexibility index (Phi) is 4.45. The molecule has 0 atom stereocenters. The molecule has 0 saturated heterocycles. The molecule has 0 fully saturated rings. The molecular weight excluding hydrogens is 230 g/mol. The van der Waals surface area contributed by atoms with Crippen LogP contribution in [0.2, 0.25) is 0 Å². The molecule has 4 heteroatoms. The third kappa shape index (κ3) is 3.01. The minimum Gasteiger partial charge on any atom is -0.330 e. The van der Waals surface area contributed by atoms with Crippen LogP contribution in [0.4, 0.5) is 0 Å². The van der Waals surface area contributed by atoms with Crippen LogP contribution in [0.25, 0.3) is 11.0 Å². The van der Waals surface area contributed by atoms with Crippen molar-refractivity contribution in [2.45, 2.75) is 13.0 Å². The Morgan fingerprint density at radius 1 is 1.35 bits per heavy atom. The Morgan fingerprint density at radius 3 is 2.94 bits per heavy atom. The second-order valence-corrected chi connectivity index (χ2v) is 5.08. The standard InChI is InChI=1S/C13H19N3S/c1-16-12-7-4-3-6-11(12)15-13(16)10-14-8-5-9-17-2/h3-4,6-7,14H,5,8-10H2,1-2H3. The molecule has 0 unspecified atom stereocenters. The fraction of sp³-hybridized carbons (Fsp3) is 0.462. The SMILES string of the molecule is CSCCCNCc1nc2ccccc2n1C. The number of rotatable bonds is 6. The van der Waals surface area contributed by atoms with E-state index >= 15 is 0 Å². The van der Waals surface area contributed by atoms with Gasteiger partial charge in [0.1, 0.15) is 5.82 Å². The van der Waals surface area contributed by atoms with Crippen LogP contribution in [0.3, 0.4) is 0 Å². The van der Waals surface area contributed by atoms with Crippen LogP contribution >= 0.6 is 11.8 Å². The molecule has 0 aliphatic carbocycles. The van der Waals surface area contributed by atoms with E-state index in [4.69, 9.17) is 0 Å². The van der Waals surface area contributed by atoms with Gasteiger partial charge in [0.2, 0.25) is 0 Å². The van der Waals surface area contributed by atoms with E-state index in [1.54, 1.807) is 0 Å². The summed E-state index contributed by atoms with van der Waals surface area (Å²) in [7, 11) is 2.08. The number of nitrogens with zero attached hydrogens (tertiary/aromatic N) is 2. The normalized spacial score (nSPS) is 11.2. The van der Waals surface area contributed by atoms with Gasteiger partial charge in [0.25, 0.3) is 0 Å². The van der Waals surface area contributed by atoms with Gasteiger partial charge in [0.05, 0.1) is 17.6 Å². The first-order valence-electron chi connectivity index (χ1n) is 5.93. The van der Waals surface area contributed by atoms with Crippen LogP contribution in [-0.2, 0) is 13.6 Å². The number of imidazole rings is 1. The molecule has 0 saturated carbocycles. The van der Waals surface area contributed by atoms with Gasteiger partial charge >= 0.3 is 0 Å². The van der Waals surface area contributed by atoms with Gasteiger partial charge in [0.15, 0.2) is 0 Å². The van der Waals surface area contributed by atoms with E-state index in [2.05, 4.69) is 46.4 Å². The zero-order valence-corrected chi connectivity index (χ0v) is 11.3. The van der Waals surface area contributed by atoms with Crippen molar-refractivity contribution in [2.24, 2.45) is 7.05 Å². The number of fused-ring (bicyclic) bond motifs is 1. The van der Waals surface area contributed by atoms with Crippen LogP contribution in [0.1, 0.15) is 12.2 Å². The fourth-order valence-electron chi connectivity index (χ4n) is 1.90. The Morgan fingerprint density at radius 2 is 2.18 bits per heavy atom. The average molecular weight is 249 g/mol. The Labute approximate surface area is 107 Å². The van der Waals surface area contributed by atoms with E-state index in [0.717, 1.165) is 24.4 Å². The number of hydrogen-bond donors (Lipinski definition) is 1. The predicted octanol–water partition coefficient (Wildman–Crippen LogP) is 2.42. The Bertz CT molecular complexity index is 478. The molecule has 1 aromatic heterocycles. The summed E-state index contributed by atoms with van der Waals surface area (Å²) in [6.07, 6.45) is 3.36. The largest absolute Gasteiger partial charge is 0.330 e. The smallest absolute Gasteiger partial charge is 0.123 e. The van der Waals surface area contributed by atoms with Gasteiger partial charge in [0, 0.05) is 7.05 Å². The quantitative estimate of drug-likeness (QED) is 0.797. The zero-order chi connectivity index (χ0) is 12.1. The van der Waals surface area contributed by atoms with Crippen molar-refractivity contribution >= 4 is 22.8 Å². The molecule has 0 amide bonds. The van der Waals surface area contributed by atoms with Gasteiger partial charge in [-0.1, -0.05) is 12.1 Å². The molecule has 0 aliphatic rings. The van der Waals surface area contributed by atoms with E-state index in [1.807, 2.05) is 17.8 Å². The van der Waals surface area contributed by atoms with Crippen molar-refractivity contribution in [2.75, 3.05) is 18.6 Å². The average Bonchev–Trinajstić information content (AvgIpc) is 2.67. The molecule has 92 valence electrons. The van der Waals surface area contributed by atoms with Crippen molar-refractivity contribution in [3.63, 3.8) is 0 Å². The number of benzene rings is 1. The minimum absolute atomic E-state index is 0.847. The first-order valence-corrected chi connectivity index (χ1v) is 7.32. The third-order valence-electron chi connectivity index (χ3n) is 2.86. The molecule has 0 radical (unpaired) electrons. The van der Waals surface area contributed by atoms with Crippen LogP contribution in [-0.4, -0.2) is 28.1 Å². The Balaban J connectivity index is 1.97. The Hall–Kier alpha value is -1.00. The summed E-state index contributed by atoms with van der Waals surface area (Å²) in [4.78, 5) is 4.63. The fourth-order valence-corrected chi connectivity index (χ4v) is 2.33. The number of hydrogen-bond acceptors (Lipinski definition) is 3. The number of aromatic nitrogens is 2. The maximum absolute atomic E-state index is 4.63. The molecule has 1 heterocycles. The molecule has 1 aromatic carbocycles. The molecule has 2 rings (SSSR count). The lowest BCUT2D eigenvalue weighted by Crippen LogP contribution is -2.17. The van der Waals surface area contributed by atoms with Crippen molar-refractivity contribution in [3.05, 3.63) is 30.1 Å². The molecule has 2 aromatic rings. The number of thioether (sulfide) groups is 1. The molecule has 0 aliphatic heterocycles. The van der Waals surface area contributed by atoms with Crippen molar-refractivity contribution in [3.8, 4) is 0 Å². The lowest BCUT2D eigenvalue weighted by Gasteiger charge is -2.04. The first kappa shape index (κ1) is 12.5. The number of para-hydroxylation sites is 2. The second kappa shape index (κ2) is 6.07. The van der Waals surface area contributed by atoms with Crippen molar-refractivity contribution in [1.82, 2.24) is 14.9 Å². The van der Waals surface area contributed by atoms with Crippen LogP contribution in [0.5, 0.6) is 0 Å². The summed E-state index contributed by atoms with van der Waals surface area (Å²) >= 11 is 1.89. The highest BCUT2D eigenvalue weighted by Gasteiger charge is 2.05. The van der Waals surface area contributed by atoms with E-state index in [1.165, 1.54) is 17.7 Å². The lowest BCUT2D eigenvalue weighted by molar-refractivity contribution is 0.637. The maximum Gasteiger partial charge on any atom is 0.123 e. The number of nitrogens with one attached hydrogen (secondary N) is 1. The van der Waals surface area contributed by atoms with Gasteiger partial charge in [-0.2, -0.15) is 11.8 Å². The molecule has 0 bridgehead atoms. The van der Waals surface area contributed by atoms with Gasteiger partial charge in [-0.05, 0) is 37.1 Å². The highest BCUT2D eigenvalue weighted by atomic mass is 32.2. The van der Waals surface area contributed by atoms with E-state index < -0.39 is 0 Å². The molecule has 0 spiro atoms. The van der Waals surface area contributed by atoms with Gasteiger partial charge in [-0.15, -0.1) is 0 Å². The summed E-state index contributed by atoms with van der Waals surface area (Å²) in [6, 6.07) is 8.26. The summed E-state index contributed by atoms with van der Waals surface area (Å²) < 4.78 is 2.16. The van der Waals surface area contributed by atoms with Crippen LogP contribution in [0.15, 0.2) is 24.3 Å². The van der Waals surface area contributed by atoms with Crippen LogP contribution < -0.4 is 5.32 Å². The highest BCUT2D eigenvalue weighted by molar-refractivity contribution is 7.98. The van der Waals surface area contributed by atoms with E-state index in [9.17, 15) is 0 Å². The van der Waals surface area contributed by atoms with E-state index in [0.29, 0.717) is 0 Å². The minimum atomic E-state index is 0.847. The number of aryl methyl sites for hydroxylation is 1. The topological polar surface area (TPSA) is 29.9 Å². The first-order chi connectivity index (χ1) is 8.33. The van der Waals surface area contributed by atoms with Gasteiger partial charge < -0.3 is 9.88 Å². The van der Waals surface area contributed by atoms with Crippen molar-refractivity contribution in [1.29, 1.82) is 0 Å². The van der Waals surface area contributed by atoms with Crippen LogP contribution in [0, 0.1) is 0 Å². The van der Waals surface area contributed by atoms with Crippen molar-refractivity contribution < 1.29 is 0 Å². The summed E-state index contributed by atoms with van der Waals surface area (Å²) in [5.41, 5.74) is 2.28.